The smallest absolute Gasteiger partial charge is 0.265 e. The molecule has 2 aliphatic heterocycles. The van der Waals surface area contributed by atoms with Crippen LogP contribution in [0.3, 0.4) is 0 Å². The van der Waals surface area contributed by atoms with E-state index in [-0.39, 0.29) is 6.71 Å². The molecule has 0 saturated heterocycles. The fraction of sp³-hybridized carbons (Fsp3) is 0. The van der Waals surface area contributed by atoms with E-state index < -0.39 is 0 Å². The normalized spacial score (nSPS) is 12.6. The summed E-state index contributed by atoms with van der Waals surface area (Å²) in [6.07, 6.45) is 0. The van der Waals surface area contributed by atoms with Gasteiger partial charge in [-0.15, -0.1) is 0 Å². The zero-order valence-corrected chi connectivity index (χ0v) is 31.6. The summed E-state index contributed by atoms with van der Waals surface area (Å²) in [5, 5.41) is 4.67. The lowest BCUT2D eigenvalue weighted by atomic mass is 9.35. The Labute approximate surface area is 339 Å². The Morgan fingerprint density at radius 2 is 0.831 bits per heavy atom. The Morgan fingerprint density at radius 1 is 0.373 bits per heavy atom. The van der Waals surface area contributed by atoms with Crippen molar-refractivity contribution in [3.05, 3.63) is 188 Å². The molecule has 0 bridgehead atoms. The highest BCUT2D eigenvalue weighted by molar-refractivity contribution is 6.98. The Kier molecular flexibility index (Phi) is 6.72. The molecule has 0 unspecified atom stereocenters. The monoisotopic (exact) mass is 754 g/mol. The van der Waals surface area contributed by atoms with Crippen molar-refractivity contribution < 1.29 is 9.47 Å². The number of aromatic nitrogens is 4. The van der Waals surface area contributed by atoms with Gasteiger partial charge in [-0.2, -0.15) is 9.97 Å². The van der Waals surface area contributed by atoms with Gasteiger partial charge in [0.05, 0.1) is 27.5 Å². The fourth-order valence-electron chi connectivity index (χ4n) is 9.46. The standard InChI is InChI=1S/C52H31BN4O2/c1-2-12-32(13-3-1)33-22-26-36(27-23-33)56-43-18-8-4-14-37(43)39-30-34(24-28-45(39)56)35-25-29-46-40(31-35)38-15-5-9-19-44(38)57(46)52-54-50-49-51(55-52)59-48-21-11-7-17-42(48)53(49)41-16-6-10-20-47(41)58-50/h1-31H. The number of nitrogens with zero attached hydrogens (tertiary/aromatic N) is 4. The lowest BCUT2D eigenvalue weighted by Crippen LogP contribution is -2.58. The molecule has 0 spiro atoms. The topological polar surface area (TPSA) is 54.1 Å². The SMILES string of the molecule is c1ccc(-c2ccc(-n3c4ccccc4c4cc(-c5ccc6c(c5)c5ccccc5n6-c5nc6c7c(n5)Oc5ccccc5B7c5ccccc5O6)ccc43)cc2)cc1. The largest absolute Gasteiger partial charge is 0.440 e. The van der Waals surface area contributed by atoms with Crippen molar-refractivity contribution in [2.45, 2.75) is 0 Å². The van der Waals surface area contributed by atoms with Gasteiger partial charge in [0, 0.05) is 27.2 Å². The minimum Gasteiger partial charge on any atom is -0.440 e. The summed E-state index contributed by atoms with van der Waals surface area (Å²) in [6, 6.07) is 66.5. The maximum Gasteiger partial charge on any atom is 0.265 e. The summed E-state index contributed by atoms with van der Waals surface area (Å²) in [5.41, 5.74) is 13.2. The second kappa shape index (κ2) is 12.3. The molecule has 274 valence electrons. The van der Waals surface area contributed by atoms with Gasteiger partial charge in [-0.1, -0.05) is 127 Å². The van der Waals surface area contributed by atoms with Gasteiger partial charge in [0.2, 0.25) is 17.7 Å². The van der Waals surface area contributed by atoms with Crippen molar-refractivity contribution in [2.24, 2.45) is 0 Å². The van der Waals surface area contributed by atoms with Gasteiger partial charge in [-0.05, 0) is 93.8 Å². The Bertz CT molecular complexity index is 3450. The van der Waals surface area contributed by atoms with E-state index in [0.29, 0.717) is 17.7 Å². The van der Waals surface area contributed by atoms with Crippen molar-refractivity contribution in [2.75, 3.05) is 0 Å². The van der Waals surface area contributed by atoms with E-state index in [2.05, 4.69) is 173 Å². The molecule has 5 heterocycles. The highest BCUT2D eigenvalue weighted by Gasteiger charge is 2.42. The third-order valence-corrected chi connectivity index (χ3v) is 12.1. The van der Waals surface area contributed by atoms with E-state index in [1.54, 1.807) is 0 Å². The van der Waals surface area contributed by atoms with Crippen LogP contribution < -0.4 is 25.9 Å². The molecular weight excluding hydrogens is 723 g/mol. The lowest BCUT2D eigenvalue weighted by molar-refractivity contribution is 0.437. The summed E-state index contributed by atoms with van der Waals surface area (Å²) >= 11 is 0. The van der Waals surface area contributed by atoms with Crippen molar-refractivity contribution in [3.63, 3.8) is 0 Å². The van der Waals surface area contributed by atoms with E-state index in [4.69, 9.17) is 19.4 Å². The molecule has 11 aromatic rings. The molecule has 0 saturated carbocycles. The molecule has 0 amide bonds. The second-order valence-electron chi connectivity index (χ2n) is 15.3. The molecule has 3 aromatic heterocycles. The van der Waals surface area contributed by atoms with Crippen LogP contribution in [-0.4, -0.2) is 25.8 Å². The van der Waals surface area contributed by atoms with Gasteiger partial charge in [-0.3, -0.25) is 4.57 Å². The highest BCUT2D eigenvalue weighted by atomic mass is 16.5. The van der Waals surface area contributed by atoms with Crippen LogP contribution >= 0.6 is 0 Å². The van der Waals surface area contributed by atoms with Crippen LogP contribution in [0.1, 0.15) is 0 Å². The van der Waals surface area contributed by atoms with Crippen LogP contribution in [0, 0.1) is 0 Å². The number of para-hydroxylation sites is 4. The number of hydrogen-bond donors (Lipinski definition) is 0. The molecule has 7 heteroatoms. The molecule has 8 aromatic carbocycles. The van der Waals surface area contributed by atoms with E-state index in [0.717, 1.165) is 66.5 Å². The minimum absolute atomic E-state index is 0.0868. The van der Waals surface area contributed by atoms with Crippen LogP contribution in [0.15, 0.2) is 188 Å². The number of fused-ring (bicyclic) bond motifs is 10. The molecular formula is C52H31BN4O2. The van der Waals surface area contributed by atoms with E-state index in [9.17, 15) is 0 Å². The van der Waals surface area contributed by atoms with Gasteiger partial charge in [0.1, 0.15) is 11.5 Å². The number of benzene rings is 8. The highest BCUT2D eigenvalue weighted by Crippen LogP contribution is 2.40. The fourth-order valence-corrected chi connectivity index (χ4v) is 9.46. The first kappa shape index (κ1) is 32.2. The Hall–Kier alpha value is -7.90. The molecule has 0 fully saturated rings. The summed E-state index contributed by atoms with van der Waals surface area (Å²) in [5.74, 6) is 3.13. The average molecular weight is 755 g/mol. The molecule has 0 aliphatic carbocycles. The zero-order valence-electron chi connectivity index (χ0n) is 31.6. The third-order valence-electron chi connectivity index (χ3n) is 12.1. The van der Waals surface area contributed by atoms with Gasteiger partial charge < -0.3 is 14.0 Å². The van der Waals surface area contributed by atoms with Gasteiger partial charge in [0.25, 0.3) is 6.71 Å². The molecule has 13 rings (SSSR count). The first-order valence-corrected chi connectivity index (χ1v) is 19.9. The molecule has 59 heavy (non-hydrogen) atoms. The van der Waals surface area contributed by atoms with E-state index in [1.807, 2.05) is 24.3 Å². The van der Waals surface area contributed by atoms with Crippen molar-refractivity contribution in [1.29, 1.82) is 0 Å². The Morgan fingerprint density at radius 3 is 1.44 bits per heavy atom. The van der Waals surface area contributed by atoms with E-state index >= 15 is 0 Å². The van der Waals surface area contributed by atoms with Crippen LogP contribution in [-0.2, 0) is 0 Å². The molecule has 0 N–H and O–H groups in total. The summed E-state index contributed by atoms with van der Waals surface area (Å²) in [4.78, 5) is 10.3. The summed E-state index contributed by atoms with van der Waals surface area (Å²) < 4.78 is 17.6. The van der Waals surface area contributed by atoms with Crippen LogP contribution in [0.5, 0.6) is 23.3 Å². The predicted molar refractivity (Wildman–Crippen MR) is 239 cm³/mol. The maximum absolute atomic E-state index is 6.55. The maximum atomic E-state index is 6.55. The van der Waals surface area contributed by atoms with Crippen LogP contribution in [0.25, 0.3) is 77.5 Å². The predicted octanol–water partition coefficient (Wildman–Crippen LogP) is 10.7. The quantitative estimate of drug-likeness (QED) is 0.168. The molecule has 2 aliphatic rings. The summed E-state index contributed by atoms with van der Waals surface area (Å²) in [7, 11) is 0. The first-order chi connectivity index (χ1) is 29.2. The van der Waals surface area contributed by atoms with Crippen LogP contribution in [0.2, 0.25) is 0 Å². The van der Waals surface area contributed by atoms with Gasteiger partial charge in [0.15, 0.2) is 0 Å². The van der Waals surface area contributed by atoms with Crippen LogP contribution in [0.4, 0.5) is 0 Å². The Balaban J connectivity index is 0.946. The van der Waals surface area contributed by atoms with Gasteiger partial charge >= 0.3 is 0 Å². The number of rotatable bonds is 4. The molecule has 0 atom stereocenters. The third kappa shape index (κ3) is 4.76. The number of hydrogen-bond acceptors (Lipinski definition) is 4. The minimum atomic E-state index is -0.0868. The first-order valence-electron chi connectivity index (χ1n) is 19.9. The van der Waals surface area contributed by atoms with E-state index in [1.165, 1.54) is 32.9 Å². The van der Waals surface area contributed by atoms with Crippen molar-refractivity contribution in [1.82, 2.24) is 19.1 Å². The van der Waals surface area contributed by atoms with Crippen molar-refractivity contribution in [3.8, 4) is 57.1 Å². The number of ether oxygens (including phenoxy) is 2. The van der Waals surface area contributed by atoms with Crippen molar-refractivity contribution >= 4 is 66.7 Å². The second-order valence-corrected chi connectivity index (χ2v) is 15.3. The lowest BCUT2D eigenvalue weighted by Gasteiger charge is -2.31. The summed E-state index contributed by atoms with van der Waals surface area (Å²) in [6.45, 7) is -0.0868. The molecule has 6 nitrogen and oxygen atoms in total. The average Bonchev–Trinajstić information content (AvgIpc) is 3.81. The zero-order chi connectivity index (χ0) is 38.6. The molecule has 0 radical (unpaired) electrons. The van der Waals surface area contributed by atoms with Gasteiger partial charge in [-0.25, -0.2) is 0 Å².